The number of rotatable bonds is 7. The number of carbonyl (C=O) groups is 3. The Bertz CT molecular complexity index is 958. The van der Waals surface area contributed by atoms with Gasteiger partial charge in [-0.05, 0) is 49.4 Å². The van der Waals surface area contributed by atoms with Crippen LogP contribution in [0.5, 0.6) is 0 Å². The fourth-order valence-electron chi connectivity index (χ4n) is 3.53. The Morgan fingerprint density at radius 2 is 1.53 bits per heavy atom. The molecule has 8 nitrogen and oxygen atoms in total. The molecule has 0 aliphatic carbocycles. The first kappa shape index (κ1) is 23.4. The van der Waals surface area contributed by atoms with E-state index in [-0.39, 0.29) is 30.3 Å². The summed E-state index contributed by atoms with van der Waals surface area (Å²) < 4.78 is 13.3. The van der Waals surface area contributed by atoms with Gasteiger partial charge in [0.2, 0.25) is 17.7 Å². The normalized spacial score (nSPS) is 15.6. The lowest BCUT2D eigenvalue weighted by molar-refractivity contribution is -0.122. The van der Waals surface area contributed by atoms with Crippen LogP contribution in [0.15, 0.2) is 48.5 Å². The third-order valence-electron chi connectivity index (χ3n) is 5.28. The summed E-state index contributed by atoms with van der Waals surface area (Å²) in [6.07, 6.45) is 0. The van der Waals surface area contributed by atoms with E-state index < -0.39 is 5.82 Å². The summed E-state index contributed by atoms with van der Waals surface area (Å²) in [5, 5.41) is 8.27. The molecule has 0 bridgehead atoms. The smallest absolute Gasteiger partial charge is 0.241 e. The van der Waals surface area contributed by atoms with Crippen LogP contribution >= 0.6 is 0 Å². The molecule has 1 saturated heterocycles. The zero-order valence-corrected chi connectivity index (χ0v) is 18.2. The number of carbonyl (C=O) groups excluding carboxylic acids is 3. The van der Waals surface area contributed by atoms with Crippen molar-refractivity contribution in [3.05, 3.63) is 54.3 Å². The monoisotopic (exact) mass is 441 g/mol. The Labute approximate surface area is 186 Å². The maximum Gasteiger partial charge on any atom is 0.241 e. The predicted molar refractivity (Wildman–Crippen MR) is 122 cm³/mol. The van der Waals surface area contributed by atoms with E-state index in [0.29, 0.717) is 43.2 Å². The van der Waals surface area contributed by atoms with E-state index in [9.17, 15) is 18.8 Å². The molecular formula is C23H28FN5O3. The quantitative estimate of drug-likeness (QED) is 0.613. The standard InChI is InChI=1S/C23H28FN5O3/c1-16(23(32)27-21-5-3-4-18(24)14-21)29-12-10-28(11-13-29)15-22(31)26-20-8-6-19(7-9-20)25-17(2)30/h3-9,14,16H,10-13,15H2,1-2H3,(H,25,30)(H,26,31)(H,27,32). The van der Waals surface area contributed by atoms with Crippen molar-refractivity contribution in [2.24, 2.45) is 0 Å². The molecule has 2 aromatic rings. The first-order chi connectivity index (χ1) is 15.3. The fraction of sp³-hybridized carbons (Fsp3) is 0.348. The van der Waals surface area contributed by atoms with E-state index in [1.807, 2.05) is 16.7 Å². The number of hydrogen-bond donors (Lipinski definition) is 3. The summed E-state index contributed by atoms with van der Waals surface area (Å²) in [6.45, 7) is 6.13. The van der Waals surface area contributed by atoms with Gasteiger partial charge >= 0.3 is 0 Å². The number of nitrogens with zero attached hydrogens (tertiary/aromatic N) is 2. The van der Waals surface area contributed by atoms with Crippen molar-refractivity contribution >= 4 is 34.8 Å². The zero-order chi connectivity index (χ0) is 23.1. The van der Waals surface area contributed by atoms with Gasteiger partial charge in [-0.3, -0.25) is 24.2 Å². The van der Waals surface area contributed by atoms with Crippen LogP contribution in [0.4, 0.5) is 21.5 Å². The van der Waals surface area contributed by atoms with Crippen molar-refractivity contribution in [2.45, 2.75) is 19.9 Å². The molecule has 32 heavy (non-hydrogen) atoms. The van der Waals surface area contributed by atoms with Gasteiger partial charge in [0.15, 0.2) is 0 Å². The summed E-state index contributed by atoms with van der Waals surface area (Å²) >= 11 is 0. The van der Waals surface area contributed by atoms with Gasteiger partial charge in [-0.2, -0.15) is 0 Å². The molecule has 1 unspecified atom stereocenters. The largest absolute Gasteiger partial charge is 0.326 e. The highest BCUT2D eigenvalue weighted by Crippen LogP contribution is 2.15. The number of benzene rings is 2. The van der Waals surface area contributed by atoms with Gasteiger partial charge in [0.05, 0.1) is 12.6 Å². The van der Waals surface area contributed by atoms with Crippen LogP contribution in [0.25, 0.3) is 0 Å². The van der Waals surface area contributed by atoms with Crippen LogP contribution in [0.3, 0.4) is 0 Å². The number of hydrogen-bond acceptors (Lipinski definition) is 5. The lowest BCUT2D eigenvalue weighted by Gasteiger charge is -2.37. The Hall–Kier alpha value is -3.30. The Balaban J connectivity index is 1.42. The number of amides is 3. The van der Waals surface area contributed by atoms with Crippen molar-refractivity contribution in [1.82, 2.24) is 9.80 Å². The molecule has 1 atom stereocenters. The number of nitrogens with one attached hydrogen (secondary N) is 3. The topological polar surface area (TPSA) is 93.8 Å². The van der Waals surface area contributed by atoms with E-state index in [4.69, 9.17) is 0 Å². The van der Waals surface area contributed by atoms with Gasteiger partial charge in [0.25, 0.3) is 0 Å². The lowest BCUT2D eigenvalue weighted by atomic mass is 10.2. The van der Waals surface area contributed by atoms with Gasteiger partial charge in [0, 0.05) is 50.2 Å². The minimum atomic E-state index is -0.397. The van der Waals surface area contributed by atoms with Crippen molar-refractivity contribution in [2.75, 3.05) is 48.7 Å². The summed E-state index contributed by atoms with van der Waals surface area (Å²) in [4.78, 5) is 40.0. The molecule has 1 aliphatic heterocycles. The summed E-state index contributed by atoms with van der Waals surface area (Å²) in [7, 11) is 0. The van der Waals surface area contributed by atoms with E-state index in [1.165, 1.54) is 19.1 Å². The molecule has 0 radical (unpaired) electrons. The molecule has 0 spiro atoms. The van der Waals surface area contributed by atoms with E-state index in [2.05, 4.69) is 16.0 Å². The van der Waals surface area contributed by atoms with Crippen LogP contribution < -0.4 is 16.0 Å². The van der Waals surface area contributed by atoms with Gasteiger partial charge in [0.1, 0.15) is 5.82 Å². The first-order valence-corrected chi connectivity index (χ1v) is 10.5. The fourth-order valence-corrected chi connectivity index (χ4v) is 3.53. The van der Waals surface area contributed by atoms with Crippen molar-refractivity contribution in [1.29, 1.82) is 0 Å². The maximum atomic E-state index is 13.3. The summed E-state index contributed by atoms with van der Waals surface area (Å²) in [5.41, 5.74) is 1.76. The molecule has 2 aromatic carbocycles. The third-order valence-corrected chi connectivity index (χ3v) is 5.28. The van der Waals surface area contributed by atoms with Gasteiger partial charge in [-0.1, -0.05) is 6.07 Å². The molecule has 3 rings (SSSR count). The first-order valence-electron chi connectivity index (χ1n) is 10.5. The van der Waals surface area contributed by atoms with E-state index >= 15 is 0 Å². The molecule has 1 fully saturated rings. The molecule has 0 saturated carbocycles. The number of anilines is 3. The van der Waals surface area contributed by atoms with Gasteiger partial charge < -0.3 is 16.0 Å². The molecule has 9 heteroatoms. The van der Waals surface area contributed by atoms with Crippen molar-refractivity contribution < 1.29 is 18.8 Å². The minimum absolute atomic E-state index is 0.123. The Morgan fingerprint density at radius 3 is 2.12 bits per heavy atom. The van der Waals surface area contributed by atoms with Crippen LogP contribution in [0, 0.1) is 5.82 Å². The molecule has 3 amide bonds. The van der Waals surface area contributed by atoms with Gasteiger partial charge in [-0.25, -0.2) is 4.39 Å². The second-order valence-corrected chi connectivity index (χ2v) is 7.79. The van der Waals surface area contributed by atoms with Crippen molar-refractivity contribution in [3.63, 3.8) is 0 Å². The third kappa shape index (κ3) is 6.86. The molecule has 1 heterocycles. The maximum absolute atomic E-state index is 13.3. The number of halogens is 1. The molecular weight excluding hydrogens is 413 g/mol. The van der Waals surface area contributed by atoms with Crippen LogP contribution in [-0.4, -0.2) is 66.3 Å². The summed E-state index contributed by atoms with van der Waals surface area (Å²) in [5.74, 6) is -0.861. The summed E-state index contributed by atoms with van der Waals surface area (Å²) in [6, 6.07) is 12.4. The molecule has 3 N–H and O–H groups in total. The van der Waals surface area contributed by atoms with Crippen LogP contribution in [-0.2, 0) is 14.4 Å². The van der Waals surface area contributed by atoms with Crippen LogP contribution in [0.1, 0.15) is 13.8 Å². The van der Waals surface area contributed by atoms with E-state index in [1.54, 1.807) is 36.4 Å². The number of piperazine rings is 1. The zero-order valence-electron chi connectivity index (χ0n) is 18.2. The van der Waals surface area contributed by atoms with Gasteiger partial charge in [-0.15, -0.1) is 0 Å². The highest BCUT2D eigenvalue weighted by Gasteiger charge is 2.26. The van der Waals surface area contributed by atoms with E-state index in [0.717, 1.165) is 0 Å². The Kier molecular flexibility index (Phi) is 7.91. The van der Waals surface area contributed by atoms with Crippen molar-refractivity contribution in [3.8, 4) is 0 Å². The lowest BCUT2D eigenvalue weighted by Crippen LogP contribution is -2.53. The molecule has 170 valence electrons. The molecule has 1 aliphatic rings. The minimum Gasteiger partial charge on any atom is -0.326 e. The highest BCUT2D eigenvalue weighted by molar-refractivity contribution is 5.95. The average molecular weight is 442 g/mol. The van der Waals surface area contributed by atoms with Crippen LogP contribution in [0.2, 0.25) is 0 Å². The molecule has 0 aromatic heterocycles. The second-order valence-electron chi connectivity index (χ2n) is 7.79. The predicted octanol–water partition coefficient (Wildman–Crippen LogP) is 2.37. The Morgan fingerprint density at radius 1 is 0.906 bits per heavy atom. The second kappa shape index (κ2) is 10.8. The SMILES string of the molecule is CC(=O)Nc1ccc(NC(=O)CN2CCN(C(C)C(=O)Nc3cccc(F)c3)CC2)cc1. The highest BCUT2D eigenvalue weighted by atomic mass is 19.1. The average Bonchev–Trinajstić information content (AvgIpc) is 2.75.